The standard InChI is InChI=1S/C21H26N4O2/c1-14(19-24-23-18-8-6-7-13-25(18)19)22-20(26)15(2)27-17-11-9-16(10-12-17)21(3,4)5/h6-15H,1-5H3,(H,22,26). The van der Waals surface area contributed by atoms with E-state index in [1.54, 1.807) is 6.92 Å². The second-order valence-corrected chi connectivity index (χ2v) is 7.75. The van der Waals surface area contributed by atoms with Crippen LogP contribution in [-0.4, -0.2) is 26.6 Å². The Kier molecular flexibility index (Phi) is 5.17. The SMILES string of the molecule is CC(Oc1ccc(C(C)(C)C)cc1)C(=O)NC(C)c1nnc2ccccn12. The van der Waals surface area contributed by atoms with E-state index in [1.165, 1.54) is 5.56 Å². The molecule has 2 heterocycles. The molecule has 0 aliphatic carbocycles. The van der Waals surface area contributed by atoms with Crippen molar-refractivity contribution in [3.8, 4) is 5.75 Å². The lowest BCUT2D eigenvalue weighted by atomic mass is 9.87. The zero-order valence-electron chi connectivity index (χ0n) is 16.4. The Morgan fingerprint density at radius 3 is 2.44 bits per heavy atom. The van der Waals surface area contributed by atoms with E-state index < -0.39 is 6.10 Å². The van der Waals surface area contributed by atoms with E-state index in [9.17, 15) is 4.79 Å². The Morgan fingerprint density at radius 2 is 1.78 bits per heavy atom. The molecule has 0 bridgehead atoms. The van der Waals surface area contributed by atoms with E-state index in [1.807, 2.05) is 60.0 Å². The third kappa shape index (κ3) is 4.27. The van der Waals surface area contributed by atoms with Crippen molar-refractivity contribution < 1.29 is 9.53 Å². The highest BCUT2D eigenvalue weighted by atomic mass is 16.5. The maximum Gasteiger partial charge on any atom is 0.261 e. The quantitative estimate of drug-likeness (QED) is 0.748. The number of fused-ring (bicyclic) bond motifs is 1. The van der Waals surface area contributed by atoms with Crippen molar-refractivity contribution >= 4 is 11.6 Å². The number of benzene rings is 1. The molecule has 2 atom stereocenters. The fourth-order valence-corrected chi connectivity index (χ4v) is 2.84. The molecule has 3 aromatic rings. The first-order chi connectivity index (χ1) is 12.8. The number of hydrogen-bond acceptors (Lipinski definition) is 4. The van der Waals surface area contributed by atoms with Crippen LogP contribution in [-0.2, 0) is 10.2 Å². The first-order valence-electron chi connectivity index (χ1n) is 9.13. The van der Waals surface area contributed by atoms with Crippen molar-refractivity contribution in [3.05, 3.63) is 60.0 Å². The summed E-state index contributed by atoms with van der Waals surface area (Å²) in [6.45, 7) is 10.1. The summed E-state index contributed by atoms with van der Waals surface area (Å²) in [6.07, 6.45) is 1.26. The molecule has 0 aliphatic rings. The van der Waals surface area contributed by atoms with Crippen LogP contribution in [0.1, 0.15) is 52.0 Å². The predicted octanol–water partition coefficient (Wildman–Crippen LogP) is 3.67. The summed E-state index contributed by atoms with van der Waals surface area (Å²) in [5.41, 5.74) is 2.05. The fourth-order valence-electron chi connectivity index (χ4n) is 2.84. The average Bonchev–Trinajstić information content (AvgIpc) is 3.05. The van der Waals surface area contributed by atoms with E-state index in [0.717, 1.165) is 5.65 Å². The smallest absolute Gasteiger partial charge is 0.261 e. The van der Waals surface area contributed by atoms with Gasteiger partial charge >= 0.3 is 0 Å². The monoisotopic (exact) mass is 366 g/mol. The third-order valence-corrected chi connectivity index (χ3v) is 4.49. The van der Waals surface area contributed by atoms with Gasteiger partial charge in [-0.1, -0.05) is 39.0 Å². The van der Waals surface area contributed by atoms with Gasteiger partial charge in [0.25, 0.3) is 5.91 Å². The zero-order valence-corrected chi connectivity index (χ0v) is 16.4. The van der Waals surface area contributed by atoms with E-state index in [2.05, 4.69) is 36.3 Å². The van der Waals surface area contributed by atoms with Gasteiger partial charge in [0.1, 0.15) is 5.75 Å². The molecule has 0 spiro atoms. The highest BCUT2D eigenvalue weighted by molar-refractivity contribution is 5.81. The molecule has 0 saturated heterocycles. The number of nitrogens with zero attached hydrogens (tertiary/aromatic N) is 3. The molecular weight excluding hydrogens is 340 g/mol. The second-order valence-electron chi connectivity index (χ2n) is 7.75. The van der Waals surface area contributed by atoms with Gasteiger partial charge in [0.15, 0.2) is 17.6 Å². The summed E-state index contributed by atoms with van der Waals surface area (Å²) in [5, 5.41) is 11.2. The summed E-state index contributed by atoms with van der Waals surface area (Å²) in [5.74, 6) is 1.15. The highest BCUT2D eigenvalue weighted by Gasteiger charge is 2.21. The van der Waals surface area contributed by atoms with Gasteiger partial charge < -0.3 is 10.1 Å². The lowest BCUT2D eigenvalue weighted by molar-refractivity contribution is -0.128. The van der Waals surface area contributed by atoms with Gasteiger partial charge in [-0.15, -0.1) is 10.2 Å². The number of pyridine rings is 1. The van der Waals surface area contributed by atoms with Crippen LogP contribution in [0.5, 0.6) is 5.75 Å². The summed E-state index contributed by atoms with van der Waals surface area (Å²) >= 11 is 0. The molecule has 0 fully saturated rings. The van der Waals surface area contributed by atoms with Crippen molar-refractivity contribution in [3.63, 3.8) is 0 Å². The van der Waals surface area contributed by atoms with Gasteiger partial charge in [0.2, 0.25) is 0 Å². The molecule has 0 radical (unpaired) electrons. The lowest BCUT2D eigenvalue weighted by Crippen LogP contribution is -2.38. The van der Waals surface area contributed by atoms with Gasteiger partial charge in [0.05, 0.1) is 6.04 Å². The van der Waals surface area contributed by atoms with Crippen LogP contribution in [0, 0.1) is 0 Å². The molecule has 6 heteroatoms. The number of aromatic nitrogens is 3. The van der Waals surface area contributed by atoms with Crippen molar-refractivity contribution in [1.29, 1.82) is 0 Å². The van der Waals surface area contributed by atoms with E-state index >= 15 is 0 Å². The van der Waals surface area contributed by atoms with E-state index in [4.69, 9.17) is 4.74 Å². The molecular formula is C21H26N4O2. The molecule has 142 valence electrons. The average molecular weight is 366 g/mol. The summed E-state index contributed by atoms with van der Waals surface area (Å²) < 4.78 is 7.66. The Hall–Kier alpha value is -2.89. The number of carbonyl (C=O) groups is 1. The second kappa shape index (κ2) is 7.39. The Bertz CT molecular complexity index is 925. The highest BCUT2D eigenvalue weighted by Crippen LogP contribution is 2.24. The van der Waals surface area contributed by atoms with E-state index in [0.29, 0.717) is 11.6 Å². The van der Waals surface area contributed by atoms with Crippen LogP contribution in [0.2, 0.25) is 0 Å². The minimum Gasteiger partial charge on any atom is -0.481 e. The van der Waals surface area contributed by atoms with Crippen LogP contribution in [0.25, 0.3) is 5.65 Å². The van der Waals surface area contributed by atoms with E-state index in [-0.39, 0.29) is 17.4 Å². The minimum atomic E-state index is -0.618. The van der Waals surface area contributed by atoms with Crippen molar-refractivity contribution in [2.24, 2.45) is 0 Å². The summed E-state index contributed by atoms with van der Waals surface area (Å²) in [4.78, 5) is 12.5. The maximum absolute atomic E-state index is 12.5. The number of nitrogens with one attached hydrogen (secondary N) is 1. The summed E-state index contributed by atoms with van der Waals surface area (Å²) in [6, 6.07) is 13.3. The van der Waals surface area contributed by atoms with Gasteiger partial charge in [0, 0.05) is 6.20 Å². The molecule has 2 aromatic heterocycles. The van der Waals surface area contributed by atoms with Gasteiger partial charge in [-0.3, -0.25) is 9.20 Å². The normalized spacial score (nSPS) is 14.0. The van der Waals surface area contributed by atoms with Crippen LogP contribution < -0.4 is 10.1 Å². The number of rotatable bonds is 5. The molecule has 1 N–H and O–H groups in total. The van der Waals surface area contributed by atoms with Gasteiger partial charge in [-0.25, -0.2) is 0 Å². The molecule has 6 nitrogen and oxygen atoms in total. The maximum atomic E-state index is 12.5. The topological polar surface area (TPSA) is 68.5 Å². The number of hydrogen-bond donors (Lipinski definition) is 1. The van der Waals surface area contributed by atoms with Crippen molar-refractivity contribution in [1.82, 2.24) is 19.9 Å². The Morgan fingerprint density at radius 1 is 1.07 bits per heavy atom. The lowest BCUT2D eigenvalue weighted by Gasteiger charge is -2.20. The van der Waals surface area contributed by atoms with Crippen LogP contribution in [0.3, 0.4) is 0 Å². The Balaban J connectivity index is 1.63. The van der Waals surface area contributed by atoms with Crippen LogP contribution >= 0.6 is 0 Å². The fraction of sp³-hybridized carbons (Fsp3) is 0.381. The predicted molar refractivity (Wildman–Crippen MR) is 105 cm³/mol. The number of amides is 1. The zero-order chi connectivity index (χ0) is 19.6. The molecule has 0 saturated carbocycles. The number of ether oxygens (including phenoxy) is 1. The Labute approximate surface area is 159 Å². The molecule has 2 unspecified atom stereocenters. The van der Waals surface area contributed by atoms with Crippen molar-refractivity contribution in [2.45, 2.75) is 52.2 Å². The molecule has 27 heavy (non-hydrogen) atoms. The molecule has 0 aliphatic heterocycles. The van der Waals surface area contributed by atoms with Crippen LogP contribution in [0.4, 0.5) is 0 Å². The van der Waals surface area contributed by atoms with Gasteiger partial charge in [-0.2, -0.15) is 0 Å². The molecule has 1 aromatic carbocycles. The van der Waals surface area contributed by atoms with Crippen molar-refractivity contribution in [2.75, 3.05) is 0 Å². The van der Waals surface area contributed by atoms with Crippen LogP contribution in [0.15, 0.2) is 48.7 Å². The minimum absolute atomic E-state index is 0.0813. The third-order valence-electron chi connectivity index (χ3n) is 4.49. The summed E-state index contributed by atoms with van der Waals surface area (Å²) in [7, 11) is 0. The molecule has 3 rings (SSSR count). The van der Waals surface area contributed by atoms with Gasteiger partial charge in [-0.05, 0) is 49.1 Å². The largest absolute Gasteiger partial charge is 0.481 e. The molecule has 1 amide bonds. The number of carbonyl (C=O) groups excluding carboxylic acids is 1. The first-order valence-corrected chi connectivity index (χ1v) is 9.13. The first kappa shape index (κ1) is 18.9.